The third kappa shape index (κ3) is 4.79. The standard InChI is InChI=1S/C15H14ClNO2S/c16-13-6-8-14(9-7-13)17-15(18)11-20(19)10-12-4-2-1-3-5-12/h1-9H,10-11H2,(H,17,18)/t20-/m1/s1. The molecule has 2 aromatic rings. The van der Waals surface area contributed by atoms with Gasteiger partial charge in [0.25, 0.3) is 0 Å². The van der Waals surface area contributed by atoms with Crippen LogP contribution in [0.2, 0.25) is 5.02 Å². The van der Waals surface area contributed by atoms with Crippen molar-refractivity contribution in [3.05, 3.63) is 65.2 Å². The molecule has 2 aromatic carbocycles. The van der Waals surface area contributed by atoms with Gasteiger partial charge in [-0.05, 0) is 29.8 Å². The predicted molar refractivity (Wildman–Crippen MR) is 83.2 cm³/mol. The van der Waals surface area contributed by atoms with Crippen molar-refractivity contribution in [3.63, 3.8) is 0 Å². The molecule has 0 fully saturated rings. The summed E-state index contributed by atoms with van der Waals surface area (Å²) in [6, 6.07) is 16.3. The number of hydrogen-bond donors (Lipinski definition) is 1. The van der Waals surface area contributed by atoms with Crippen LogP contribution in [-0.2, 0) is 21.3 Å². The molecule has 2 rings (SSSR count). The van der Waals surface area contributed by atoms with Crippen LogP contribution in [0.4, 0.5) is 5.69 Å². The van der Waals surface area contributed by atoms with Crippen LogP contribution in [0.1, 0.15) is 5.56 Å². The number of anilines is 1. The van der Waals surface area contributed by atoms with E-state index in [1.807, 2.05) is 30.3 Å². The van der Waals surface area contributed by atoms with E-state index in [2.05, 4.69) is 5.32 Å². The molecule has 0 unspecified atom stereocenters. The van der Waals surface area contributed by atoms with Crippen molar-refractivity contribution in [3.8, 4) is 0 Å². The minimum atomic E-state index is -1.22. The van der Waals surface area contributed by atoms with Gasteiger partial charge >= 0.3 is 0 Å². The van der Waals surface area contributed by atoms with Gasteiger partial charge < -0.3 is 5.32 Å². The second kappa shape index (κ2) is 7.22. The molecule has 0 saturated carbocycles. The Morgan fingerprint density at radius 2 is 1.70 bits per heavy atom. The highest BCUT2D eigenvalue weighted by atomic mass is 35.5. The van der Waals surface area contributed by atoms with Crippen molar-refractivity contribution in [2.75, 3.05) is 11.1 Å². The third-order valence-corrected chi connectivity index (χ3v) is 4.08. The van der Waals surface area contributed by atoms with Gasteiger partial charge in [0, 0.05) is 27.3 Å². The van der Waals surface area contributed by atoms with Gasteiger partial charge in [-0.15, -0.1) is 0 Å². The lowest BCUT2D eigenvalue weighted by Crippen LogP contribution is -2.20. The highest BCUT2D eigenvalue weighted by Gasteiger charge is 2.09. The van der Waals surface area contributed by atoms with E-state index in [0.29, 0.717) is 16.5 Å². The molecule has 1 N–H and O–H groups in total. The SMILES string of the molecule is O=C(C[S@](=O)Cc1ccccc1)Nc1ccc(Cl)cc1. The normalized spacial score (nSPS) is 11.8. The van der Waals surface area contributed by atoms with Gasteiger partial charge in [-0.3, -0.25) is 9.00 Å². The number of rotatable bonds is 5. The van der Waals surface area contributed by atoms with E-state index in [-0.39, 0.29) is 11.7 Å². The lowest BCUT2D eigenvalue weighted by Gasteiger charge is -2.05. The first-order valence-electron chi connectivity index (χ1n) is 6.08. The fourth-order valence-electron chi connectivity index (χ4n) is 1.69. The number of hydrogen-bond acceptors (Lipinski definition) is 2. The number of nitrogens with one attached hydrogen (secondary N) is 1. The quantitative estimate of drug-likeness (QED) is 0.922. The number of carbonyl (C=O) groups excluding carboxylic acids is 1. The first-order chi connectivity index (χ1) is 9.63. The molecule has 0 aliphatic carbocycles. The molecule has 5 heteroatoms. The number of benzene rings is 2. The van der Waals surface area contributed by atoms with Crippen molar-refractivity contribution in [1.82, 2.24) is 0 Å². The second-order valence-corrected chi connectivity index (χ2v) is 6.16. The summed E-state index contributed by atoms with van der Waals surface area (Å²) < 4.78 is 11.9. The van der Waals surface area contributed by atoms with Gasteiger partial charge in [-0.25, -0.2) is 0 Å². The van der Waals surface area contributed by atoms with Crippen molar-refractivity contribution in [2.24, 2.45) is 0 Å². The zero-order valence-electron chi connectivity index (χ0n) is 10.7. The van der Waals surface area contributed by atoms with Crippen molar-refractivity contribution < 1.29 is 9.00 Å². The monoisotopic (exact) mass is 307 g/mol. The van der Waals surface area contributed by atoms with E-state index in [0.717, 1.165) is 5.56 Å². The average Bonchev–Trinajstić information content (AvgIpc) is 2.42. The topological polar surface area (TPSA) is 46.2 Å². The van der Waals surface area contributed by atoms with Gasteiger partial charge in [0.05, 0.1) is 0 Å². The van der Waals surface area contributed by atoms with Crippen LogP contribution in [0.15, 0.2) is 54.6 Å². The third-order valence-electron chi connectivity index (χ3n) is 2.59. The smallest absolute Gasteiger partial charge is 0.237 e. The molecule has 3 nitrogen and oxygen atoms in total. The van der Waals surface area contributed by atoms with Crippen molar-refractivity contribution >= 4 is 34.0 Å². The molecule has 0 heterocycles. The summed E-state index contributed by atoms with van der Waals surface area (Å²) >= 11 is 5.76. The Labute approximate surface area is 125 Å². The van der Waals surface area contributed by atoms with E-state index in [1.54, 1.807) is 24.3 Å². The van der Waals surface area contributed by atoms with E-state index in [1.165, 1.54) is 0 Å². The maximum absolute atomic E-state index is 11.9. The predicted octanol–water partition coefficient (Wildman–Crippen LogP) is 3.23. The largest absolute Gasteiger partial charge is 0.325 e. The van der Waals surface area contributed by atoms with Crippen LogP contribution in [0.3, 0.4) is 0 Å². The highest BCUT2D eigenvalue weighted by Crippen LogP contribution is 2.13. The fraction of sp³-hybridized carbons (Fsp3) is 0.133. The molecule has 20 heavy (non-hydrogen) atoms. The lowest BCUT2D eigenvalue weighted by molar-refractivity contribution is -0.113. The molecule has 0 bridgehead atoms. The summed E-state index contributed by atoms with van der Waals surface area (Å²) in [7, 11) is -1.22. The van der Waals surface area contributed by atoms with Crippen molar-refractivity contribution in [1.29, 1.82) is 0 Å². The summed E-state index contributed by atoms with van der Waals surface area (Å²) in [5, 5.41) is 3.30. The van der Waals surface area contributed by atoms with Gasteiger partial charge in [-0.2, -0.15) is 0 Å². The molecule has 1 atom stereocenters. The highest BCUT2D eigenvalue weighted by molar-refractivity contribution is 7.84. The van der Waals surface area contributed by atoms with Crippen LogP contribution in [0.5, 0.6) is 0 Å². The van der Waals surface area contributed by atoms with Gasteiger partial charge in [0.15, 0.2) is 0 Å². The van der Waals surface area contributed by atoms with Crippen molar-refractivity contribution in [2.45, 2.75) is 5.75 Å². The average molecular weight is 308 g/mol. The lowest BCUT2D eigenvalue weighted by atomic mass is 10.2. The molecule has 0 spiro atoms. The van der Waals surface area contributed by atoms with Gasteiger partial charge in [-0.1, -0.05) is 41.9 Å². The van der Waals surface area contributed by atoms with E-state index >= 15 is 0 Å². The van der Waals surface area contributed by atoms with E-state index in [9.17, 15) is 9.00 Å². The fourth-order valence-corrected chi connectivity index (χ4v) is 2.84. The second-order valence-electron chi connectivity index (χ2n) is 4.27. The Morgan fingerprint density at radius 1 is 1.05 bits per heavy atom. The number of amides is 1. The molecular formula is C15H14ClNO2S. The first kappa shape index (κ1) is 14.8. The number of carbonyl (C=O) groups is 1. The van der Waals surface area contributed by atoms with Crippen LogP contribution in [-0.4, -0.2) is 15.9 Å². The summed E-state index contributed by atoms with van der Waals surface area (Å²) in [5.74, 6) is 0.105. The molecular weight excluding hydrogens is 294 g/mol. The molecule has 0 aliphatic rings. The van der Waals surface area contributed by atoms with Crippen LogP contribution >= 0.6 is 11.6 Å². The Morgan fingerprint density at radius 3 is 2.35 bits per heavy atom. The Hall–Kier alpha value is -1.65. The molecule has 0 aromatic heterocycles. The maximum Gasteiger partial charge on any atom is 0.237 e. The zero-order chi connectivity index (χ0) is 14.4. The van der Waals surface area contributed by atoms with Gasteiger partial charge in [0.1, 0.15) is 5.75 Å². The zero-order valence-corrected chi connectivity index (χ0v) is 12.3. The molecule has 0 aliphatic heterocycles. The summed E-state index contributed by atoms with van der Waals surface area (Å²) in [6.45, 7) is 0. The minimum Gasteiger partial charge on any atom is -0.325 e. The Bertz CT molecular complexity index is 599. The maximum atomic E-state index is 11.9. The van der Waals surface area contributed by atoms with Crippen LogP contribution in [0, 0.1) is 0 Å². The Kier molecular flexibility index (Phi) is 5.32. The van der Waals surface area contributed by atoms with Gasteiger partial charge in [0.2, 0.25) is 5.91 Å². The molecule has 1 amide bonds. The molecule has 104 valence electrons. The van der Waals surface area contributed by atoms with E-state index in [4.69, 9.17) is 11.6 Å². The van der Waals surface area contributed by atoms with Crippen LogP contribution in [0.25, 0.3) is 0 Å². The summed E-state index contributed by atoms with van der Waals surface area (Å²) in [5.41, 5.74) is 1.61. The van der Waals surface area contributed by atoms with Crippen LogP contribution < -0.4 is 5.32 Å². The summed E-state index contributed by atoms with van der Waals surface area (Å²) in [4.78, 5) is 11.8. The molecule has 0 radical (unpaired) electrons. The minimum absolute atomic E-state index is 0.0163. The molecule has 0 saturated heterocycles. The Balaban J connectivity index is 1.85. The summed E-state index contributed by atoms with van der Waals surface area (Å²) in [6.07, 6.45) is 0. The first-order valence-corrected chi connectivity index (χ1v) is 7.94. The van der Waals surface area contributed by atoms with E-state index < -0.39 is 10.8 Å². The number of halogens is 1.